The Morgan fingerprint density at radius 1 is 1.22 bits per heavy atom. The third kappa shape index (κ3) is 1.37. The van der Waals surface area contributed by atoms with Crippen molar-refractivity contribution >= 4 is 37.7 Å². The Hall–Kier alpha value is -1.88. The fourth-order valence-electron chi connectivity index (χ4n) is 2.27. The van der Waals surface area contributed by atoms with Gasteiger partial charge in [-0.1, -0.05) is 18.2 Å². The van der Waals surface area contributed by atoms with Crippen LogP contribution in [0.1, 0.15) is 0 Å². The van der Waals surface area contributed by atoms with Gasteiger partial charge in [-0.15, -0.1) is 0 Å². The molecule has 0 bridgehead atoms. The predicted octanol–water partition coefficient (Wildman–Crippen LogP) is 2.14. The first-order valence-corrected chi connectivity index (χ1v) is 6.19. The number of para-hydroxylation sites is 1. The van der Waals surface area contributed by atoms with Gasteiger partial charge in [-0.3, -0.25) is 9.59 Å². The Kier molecular flexibility index (Phi) is 2.38. The summed E-state index contributed by atoms with van der Waals surface area (Å²) in [6.45, 7) is 0. The number of benzene rings is 1. The van der Waals surface area contributed by atoms with Gasteiger partial charge in [-0.2, -0.15) is 0 Å². The Balaban J connectivity index is 2.85. The Labute approximate surface area is 110 Å². The second-order valence-corrected chi connectivity index (χ2v) is 4.95. The molecule has 18 heavy (non-hydrogen) atoms. The van der Waals surface area contributed by atoms with E-state index >= 15 is 0 Å². The van der Waals surface area contributed by atoms with E-state index < -0.39 is 0 Å². The zero-order valence-corrected chi connectivity index (χ0v) is 11.1. The maximum Gasteiger partial charge on any atom is 0.272 e. The smallest absolute Gasteiger partial charge is 0.272 e. The molecule has 0 aliphatic heterocycles. The quantitative estimate of drug-likeness (QED) is 0.692. The van der Waals surface area contributed by atoms with Crippen LogP contribution in [0.5, 0.6) is 0 Å². The van der Waals surface area contributed by atoms with Crippen molar-refractivity contribution in [3.05, 3.63) is 55.5 Å². The molecule has 0 fully saturated rings. The number of aromatic nitrogens is 2. The van der Waals surface area contributed by atoms with Gasteiger partial charge in [0.25, 0.3) is 5.56 Å². The van der Waals surface area contributed by atoms with Gasteiger partial charge >= 0.3 is 0 Å². The molecule has 3 rings (SSSR count). The highest BCUT2D eigenvalue weighted by molar-refractivity contribution is 9.10. The van der Waals surface area contributed by atoms with E-state index in [0.29, 0.717) is 15.4 Å². The number of halogens is 1. The predicted molar refractivity (Wildman–Crippen MR) is 75.0 cm³/mol. The van der Waals surface area contributed by atoms with Crippen LogP contribution in [0.25, 0.3) is 21.8 Å². The molecule has 90 valence electrons. The summed E-state index contributed by atoms with van der Waals surface area (Å²) in [7, 11) is 1.78. The van der Waals surface area contributed by atoms with Gasteiger partial charge in [-0.05, 0) is 22.0 Å². The van der Waals surface area contributed by atoms with Crippen LogP contribution < -0.4 is 11.0 Å². The standard InChI is InChI=1S/C13H9BrN2O2/c1-16-9-5-3-2-4-7(9)10-11(16)13(18)15-6-8(14)12(10)17/h2-6H,1H3,(H,15,18). The van der Waals surface area contributed by atoms with Crippen molar-refractivity contribution in [2.75, 3.05) is 0 Å². The van der Waals surface area contributed by atoms with Crippen LogP contribution in [-0.4, -0.2) is 9.55 Å². The number of aryl methyl sites for hydroxylation is 1. The van der Waals surface area contributed by atoms with Gasteiger partial charge in [0.05, 0.1) is 9.86 Å². The molecule has 0 aliphatic rings. The summed E-state index contributed by atoms with van der Waals surface area (Å²) in [5.74, 6) is 0. The van der Waals surface area contributed by atoms with Gasteiger partial charge in [0.15, 0.2) is 0 Å². The number of hydrogen-bond donors (Lipinski definition) is 1. The highest BCUT2D eigenvalue weighted by Gasteiger charge is 2.13. The van der Waals surface area contributed by atoms with E-state index in [2.05, 4.69) is 20.9 Å². The minimum atomic E-state index is -0.272. The molecule has 4 nitrogen and oxygen atoms in total. The maximum absolute atomic E-state index is 12.3. The molecule has 0 radical (unpaired) electrons. The van der Waals surface area contributed by atoms with Crippen LogP contribution >= 0.6 is 15.9 Å². The van der Waals surface area contributed by atoms with E-state index in [1.54, 1.807) is 11.6 Å². The molecule has 2 aromatic heterocycles. The van der Waals surface area contributed by atoms with Crippen molar-refractivity contribution in [3.63, 3.8) is 0 Å². The van der Waals surface area contributed by atoms with E-state index in [9.17, 15) is 9.59 Å². The first kappa shape index (κ1) is 11.2. The van der Waals surface area contributed by atoms with Crippen LogP contribution in [-0.2, 0) is 7.05 Å². The van der Waals surface area contributed by atoms with E-state index in [4.69, 9.17) is 0 Å². The van der Waals surface area contributed by atoms with E-state index in [0.717, 1.165) is 10.9 Å². The largest absolute Gasteiger partial charge is 0.339 e. The fourth-order valence-corrected chi connectivity index (χ4v) is 2.58. The monoisotopic (exact) mass is 304 g/mol. The minimum Gasteiger partial charge on any atom is -0.339 e. The lowest BCUT2D eigenvalue weighted by Crippen LogP contribution is -2.06. The second-order valence-electron chi connectivity index (χ2n) is 4.09. The zero-order valence-electron chi connectivity index (χ0n) is 9.53. The first-order chi connectivity index (χ1) is 8.61. The molecule has 0 spiro atoms. The molecule has 0 unspecified atom stereocenters. The minimum absolute atomic E-state index is 0.180. The van der Waals surface area contributed by atoms with Gasteiger partial charge in [-0.25, -0.2) is 0 Å². The molecular weight excluding hydrogens is 296 g/mol. The molecule has 0 atom stereocenters. The maximum atomic E-state index is 12.3. The third-order valence-electron chi connectivity index (χ3n) is 3.10. The van der Waals surface area contributed by atoms with E-state index in [1.165, 1.54) is 6.20 Å². The van der Waals surface area contributed by atoms with Gasteiger partial charge < -0.3 is 9.55 Å². The van der Waals surface area contributed by atoms with Crippen molar-refractivity contribution in [1.82, 2.24) is 9.55 Å². The first-order valence-electron chi connectivity index (χ1n) is 5.40. The summed E-state index contributed by atoms with van der Waals surface area (Å²) in [6.07, 6.45) is 1.39. The number of nitrogens with one attached hydrogen (secondary N) is 1. The number of rotatable bonds is 0. The van der Waals surface area contributed by atoms with E-state index in [-0.39, 0.29) is 11.0 Å². The third-order valence-corrected chi connectivity index (χ3v) is 3.69. The summed E-state index contributed by atoms with van der Waals surface area (Å²) < 4.78 is 2.10. The molecule has 0 amide bonds. The van der Waals surface area contributed by atoms with Crippen LogP contribution in [0.3, 0.4) is 0 Å². The van der Waals surface area contributed by atoms with Crippen LogP contribution in [0.4, 0.5) is 0 Å². The Morgan fingerprint density at radius 3 is 2.72 bits per heavy atom. The Bertz CT molecular complexity index is 893. The second kappa shape index (κ2) is 3.81. The Morgan fingerprint density at radius 2 is 1.94 bits per heavy atom. The zero-order chi connectivity index (χ0) is 12.9. The average Bonchev–Trinajstić information content (AvgIpc) is 2.62. The number of fused-ring (bicyclic) bond motifs is 3. The molecule has 3 aromatic rings. The lowest BCUT2D eigenvalue weighted by molar-refractivity contribution is 1.00. The fraction of sp³-hybridized carbons (Fsp3) is 0.0769. The lowest BCUT2D eigenvalue weighted by atomic mass is 10.2. The van der Waals surface area contributed by atoms with Crippen molar-refractivity contribution < 1.29 is 0 Å². The highest BCUT2D eigenvalue weighted by Crippen LogP contribution is 2.23. The summed E-state index contributed by atoms with van der Waals surface area (Å²) in [5.41, 5.74) is 0.812. The SMILES string of the molecule is Cn1c2ccccc2c2c(=O)c(Br)c[nH]c(=O)c21. The number of aromatic amines is 1. The topological polar surface area (TPSA) is 54.9 Å². The molecule has 5 heteroatoms. The van der Waals surface area contributed by atoms with Crippen molar-refractivity contribution in [1.29, 1.82) is 0 Å². The van der Waals surface area contributed by atoms with Crippen LogP contribution in [0.2, 0.25) is 0 Å². The lowest BCUT2D eigenvalue weighted by Gasteiger charge is -1.94. The molecule has 1 N–H and O–H groups in total. The van der Waals surface area contributed by atoms with Gasteiger partial charge in [0.1, 0.15) is 5.52 Å². The number of H-pyrrole nitrogens is 1. The van der Waals surface area contributed by atoms with Crippen molar-refractivity contribution in [3.8, 4) is 0 Å². The molecule has 0 saturated carbocycles. The van der Waals surface area contributed by atoms with Crippen molar-refractivity contribution in [2.45, 2.75) is 0 Å². The molecule has 0 aliphatic carbocycles. The number of hydrogen-bond acceptors (Lipinski definition) is 2. The normalized spacial score (nSPS) is 11.2. The molecule has 1 aromatic carbocycles. The molecule has 2 heterocycles. The molecule has 0 saturated heterocycles. The average molecular weight is 305 g/mol. The van der Waals surface area contributed by atoms with Gasteiger partial charge in [0, 0.05) is 24.1 Å². The van der Waals surface area contributed by atoms with Crippen LogP contribution in [0.15, 0.2) is 44.5 Å². The van der Waals surface area contributed by atoms with Crippen molar-refractivity contribution in [2.24, 2.45) is 7.05 Å². The van der Waals surface area contributed by atoms with E-state index in [1.807, 2.05) is 24.3 Å². The summed E-state index contributed by atoms with van der Waals surface area (Å²) in [5, 5.41) is 1.24. The highest BCUT2D eigenvalue weighted by atomic mass is 79.9. The molecular formula is C13H9BrN2O2. The summed E-state index contributed by atoms with van der Waals surface area (Å²) >= 11 is 3.18. The summed E-state index contributed by atoms with van der Waals surface area (Å²) in [4.78, 5) is 26.9. The van der Waals surface area contributed by atoms with Crippen LogP contribution in [0, 0.1) is 0 Å². The number of nitrogens with zero attached hydrogens (tertiary/aromatic N) is 1. The summed E-state index contributed by atoms with van der Waals surface area (Å²) in [6, 6.07) is 7.48. The van der Waals surface area contributed by atoms with Gasteiger partial charge in [0.2, 0.25) is 5.43 Å².